The highest BCUT2D eigenvalue weighted by Gasteiger charge is 2.18. The molecule has 0 aromatic rings. The molecule has 0 aromatic heterocycles. The molecule has 0 bridgehead atoms. The van der Waals surface area contributed by atoms with E-state index in [-0.39, 0.29) is 0 Å². The van der Waals surface area contributed by atoms with Crippen molar-refractivity contribution in [3.63, 3.8) is 0 Å². The van der Waals surface area contributed by atoms with Gasteiger partial charge in [0.25, 0.3) is 0 Å². The molecule has 2 aliphatic rings. The van der Waals surface area contributed by atoms with Gasteiger partial charge in [-0.05, 0) is 50.4 Å². The first-order valence-electron chi connectivity index (χ1n) is 9.04. The van der Waals surface area contributed by atoms with Crippen LogP contribution in [0.15, 0.2) is 17.1 Å². The van der Waals surface area contributed by atoms with Crippen LogP contribution in [-0.4, -0.2) is 11.8 Å². The van der Waals surface area contributed by atoms with Crippen LogP contribution >= 0.6 is 0 Å². The molecule has 0 spiro atoms. The zero-order valence-corrected chi connectivity index (χ0v) is 13.6. The van der Waals surface area contributed by atoms with Crippen molar-refractivity contribution in [1.82, 2.24) is 0 Å². The minimum atomic E-state index is 0.626. The van der Waals surface area contributed by atoms with Crippen LogP contribution in [-0.2, 0) is 0 Å². The lowest BCUT2D eigenvalue weighted by Gasteiger charge is -2.24. The Hall–Kier alpha value is -0.590. The summed E-state index contributed by atoms with van der Waals surface area (Å²) in [6.45, 7) is 4.65. The Labute approximate surface area is 126 Å². The zero-order valence-electron chi connectivity index (χ0n) is 13.6. The van der Waals surface area contributed by atoms with Crippen molar-refractivity contribution < 1.29 is 0 Å². The number of nitrogens with zero attached hydrogens (tertiary/aromatic N) is 1. The molecule has 0 amide bonds. The van der Waals surface area contributed by atoms with E-state index < -0.39 is 0 Å². The molecule has 0 N–H and O–H groups in total. The SMILES string of the molecule is CCC(CC1C=CCC1)=NC1CCCCCC(CC)C1. The van der Waals surface area contributed by atoms with Gasteiger partial charge in [-0.15, -0.1) is 0 Å². The molecule has 3 atom stereocenters. The molecular weight excluding hydrogens is 242 g/mol. The van der Waals surface area contributed by atoms with Gasteiger partial charge in [0.1, 0.15) is 0 Å². The van der Waals surface area contributed by atoms with Gasteiger partial charge in [-0.25, -0.2) is 0 Å². The lowest BCUT2D eigenvalue weighted by atomic mass is 9.86. The molecular formula is C19H33N. The molecule has 20 heavy (non-hydrogen) atoms. The van der Waals surface area contributed by atoms with Crippen molar-refractivity contribution in [3.8, 4) is 0 Å². The Morgan fingerprint density at radius 2 is 1.95 bits per heavy atom. The molecule has 1 saturated carbocycles. The minimum absolute atomic E-state index is 0.626. The van der Waals surface area contributed by atoms with Crippen LogP contribution in [0.4, 0.5) is 0 Å². The van der Waals surface area contributed by atoms with Gasteiger partial charge in [0.2, 0.25) is 0 Å². The molecule has 0 aliphatic heterocycles. The van der Waals surface area contributed by atoms with E-state index in [4.69, 9.17) is 4.99 Å². The Morgan fingerprint density at radius 3 is 2.65 bits per heavy atom. The molecule has 1 heteroatoms. The highest BCUT2D eigenvalue weighted by atomic mass is 14.8. The van der Waals surface area contributed by atoms with Crippen molar-refractivity contribution in [2.75, 3.05) is 0 Å². The molecule has 0 aromatic carbocycles. The minimum Gasteiger partial charge on any atom is -0.291 e. The predicted molar refractivity (Wildman–Crippen MR) is 89.5 cm³/mol. The predicted octanol–water partition coefficient (Wildman–Crippen LogP) is 5.94. The van der Waals surface area contributed by atoms with Crippen molar-refractivity contribution in [1.29, 1.82) is 0 Å². The smallest absolute Gasteiger partial charge is 0.0501 e. The summed E-state index contributed by atoms with van der Waals surface area (Å²) in [4.78, 5) is 5.20. The molecule has 2 rings (SSSR count). The lowest BCUT2D eigenvalue weighted by molar-refractivity contribution is 0.340. The van der Waals surface area contributed by atoms with Crippen LogP contribution in [0.2, 0.25) is 0 Å². The zero-order chi connectivity index (χ0) is 14.2. The van der Waals surface area contributed by atoms with Gasteiger partial charge in [0, 0.05) is 5.71 Å². The first kappa shape index (κ1) is 15.8. The molecule has 2 aliphatic carbocycles. The summed E-state index contributed by atoms with van der Waals surface area (Å²) in [6, 6.07) is 0.626. The van der Waals surface area contributed by atoms with Gasteiger partial charge in [0.15, 0.2) is 0 Å². The van der Waals surface area contributed by atoms with E-state index in [0.29, 0.717) is 6.04 Å². The fraction of sp³-hybridized carbons (Fsp3) is 0.842. The largest absolute Gasteiger partial charge is 0.291 e. The number of hydrogen-bond acceptors (Lipinski definition) is 1. The second-order valence-corrected chi connectivity index (χ2v) is 6.82. The van der Waals surface area contributed by atoms with Crippen LogP contribution in [0.5, 0.6) is 0 Å². The summed E-state index contributed by atoms with van der Waals surface area (Å²) in [7, 11) is 0. The van der Waals surface area contributed by atoms with Crippen molar-refractivity contribution in [2.45, 2.75) is 90.5 Å². The van der Waals surface area contributed by atoms with E-state index in [2.05, 4.69) is 26.0 Å². The maximum Gasteiger partial charge on any atom is 0.0501 e. The van der Waals surface area contributed by atoms with E-state index in [1.165, 1.54) is 69.9 Å². The van der Waals surface area contributed by atoms with Crippen LogP contribution < -0.4 is 0 Å². The highest BCUT2D eigenvalue weighted by Crippen LogP contribution is 2.28. The van der Waals surface area contributed by atoms with Gasteiger partial charge < -0.3 is 0 Å². The fourth-order valence-electron chi connectivity index (χ4n) is 3.81. The summed E-state index contributed by atoms with van der Waals surface area (Å²) in [6.07, 6.45) is 19.5. The molecule has 0 saturated heterocycles. The van der Waals surface area contributed by atoms with Crippen LogP contribution in [0.25, 0.3) is 0 Å². The summed E-state index contributed by atoms with van der Waals surface area (Å²) in [5, 5.41) is 0. The summed E-state index contributed by atoms with van der Waals surface area (Å²) in [5.74, 6) is 1.71. The second-order valence-electron chi connectivity index (χ2n) is 6.82. The number of rotatable bonds is 5. The van der Waals surface area contributed by atoms with E-state index >= 15 is 0 Å². The molecule has 1 fully saturated rings. The van der Waals surface area contributed by atoms with Crippen LogP contribution in [0.3, 0.4) is 0 Å². The van der Waals surface area contributed by atoms with Gasteiger partial charge in [-0.1, -0.05) is 58.1 Å². The van der Waals surface area contributed by atoms with Gasteiger partial charge in [-0.3, -0.25) is 4.99 Å². The van der Waals surface area contributed by atoms with Crippen LogP contribution in [0.1, 0.15) is 84.5 Å². The van der Waals surface area contributed by atoms with Gasteiger partial charge >= 0.3 is 0 Å². The Bertz CT molecular complexity index is 329. The molecule has 114 valence electrons. The normalized spacial score (nSPS) is 32.1. The van der Waals surface area contributed by atoms with Crippen molar-refractivity contribution in [3.05, 3.63) is 12.2 Å². The summed E-state index contributed by atoms with van der Waals surface area (Å²) in [5.41, 5.74) is 1.49. The monoisotopic (exact) mass is 275 g/mol. The molecule has 1 nitrogen and oxygen atoms in total. The Balaban J connectivity index is 1.93. The van der Waals surface area contributed by atoms with Gasteiger partial charge in [0.05, 0.1) is 6.04 Å². The first-order valence-corrected chi connectivity index (χ1v) is 9.04. The lowest BCUT2D eigenvalue weighted by Crippen LogP contribution is -2.17. The summed E-state index contributed by atoms with van der Waals surface area (Å²) >= 11 is 0. The first-order chi connectivity index (χ1) is 9.81. The third-order valence-corrected chi connectivity index (χ3v) is 5.22. The Kier molecular flexibility index (Phi) is 6.82. The van der Waals surface area contributed by atoms with Crippen molar-refractivity contribution in [2.24, 2.45) is 16.8 Å². The third-order valence-electron chi connectivity index (χ3n) is 5.22. The van der Waals surface area contributed by atoms with Gasteiger partial charge in [-0.2, -0.15) is 0 Å². The fourth-order valence-corrected chi connectivity index (χ4v) is 3.81. The number of aliphatic imine (C=N–C) groups is 1. The van der Waals surface area contributed by atoms with Crippen molar-refractivity contribution >= 4 is 5.71 Å². The topological polar surface area (TPSA) is 12.4 Å². The van der Waals surface area contributed by atoms with E-state index in [1.807, 2.05) is 0 Å². The van der Waals surface area contributed by atoms with E-state index in [0.717, 1.165) is 18.3 Å². The highest BCUT2D eigenvalue weighted by molar-refractivity contribution is 5.84. The maximum absolute atomic E-state index is 5.20. The quantitative estimate of drug-likeness (QED) is 0.435. The third kappa shape index (κ3) is 5.07. The molecule has 0 heterocycles. The van der Waals surface area contributed by atoms with E-state index in [9.17, 15) is 0 Å². The molecule has 0 radical (unpaired) electrons. The number of allylic oxidation sites excluding steroid dienone is 2. The standard InChI is InChI=1S/C19H33N/c1-3-16-10-6-5-7-13-19(14-16)20-18(4-2)15-17-11-8-9-12-17/h8,11,16-17,19H,3-7,9-10,12-15H2,1-2H3. The summed E-state index contributed by atoms with van der Waals surface area (Å²) < 4.78 is 0. The average Bonchev–Trinajstić information content (AvgIpc) is 2.93. The average molecular weight is 275 g/mol. The Morgan fingerprint density at radius 1 is 1.10 bits per heavy atom. The second kappa shape index (κ2) is 8.64. The van der Waals surface area contributed by atoms with Crippen LogP contribution in [0, 0.1) is 11.8 Å². The number of hydrogen-bond donors (Lipinski definition) is 0. The van der Waals surface area contributed by atoms with E-state index in [1.54, 1.807) is 0 Å². The molecule has 3 unspecified atom stereocenters. The maximum atomic E-state index is 5.20.